The van der Waals surface area contributed by atoms with Crippen molar-refractivity contribution in [3.8, 4) is 11.4 Å². The second kappa shape index (κ2) is 5.06. The van der Waals surface area contributed by atoms with Gasteiger partial charge in [-0.25, -0.2) is 4.98 Å². The summed E-state index contributed by atoms with van der Waals surface area (Å²) in [6.45, 7) is 3.30. The van der Waals surface area contributed by atoms with E-state index in [0.29, 0.717) is 16.2 Å². The van der Waals surface area contributed by atoms with Crippen LogP contribution in [0.2, 0.25) is 0 Å². The first-order chi connectivity index (χ1) is 10.0. The number of benzene rings is 1. The molecule has 0 spiro atoms. The monoisotopic (exact) mass is 300 g/mol. The maximum absolute atomic E-state index is 11.0. The molecule has 2 heterocycles. The fraction of sp³-hybridized carbons (Fsp3) is 0.154. The Balaban J connectivity index is 2.04. The van der Waals surface area contributed by atoms with Crippen LogP contribution in [0, 0.1) is 11.7 Å². The Morgan fingerprint density at radius 1 is 1.33 bits per heavy atom. The van der Waals surface area contributed by atoms with Gasteiger partial charge in [-0.3, -0.25) is 9.89 Å². The van der Waals surface area contributed by atoms with E-state index < -0.39 is 0 Å². The van der Waals surface area contributed by atoms with Crippen LogP contribution in [0.1, 0.15) is 12.6 Å². The van der Waals surface area contributed by atoms with Crippen LogP contribution >= 0.6 is 12.2 Å². The molecule has 1 amide bonds. The molecule has 0 unspecified atom stereocenters. The maximum atomic E-state index is 11.0. The largest absolute Gasteiger partial charge is 0.326 e. The maximum Gasteiger partial charge on any atom is 0.221 e. The van der Waals surface area contributed by atoms with Gasteiger partial charge in [0, 0.05) is 18.2 Å². The number of hydrogen-bond acceptors (Lipinski definition) is 5. The summed E-state index contributed by atoms with van der Waals surface area (Å²) in [5.74, 6) is 0.446. The van der Waals surface area contributed by atoms with Gasteiger partial charge in [0.15, 0.2) is 11.5 Å². The zero-order valence-corrected chi connectivity index (χ0v) is 12.2. The van der Waals surface area contributed by atoms with Crippen LogP contribution in [0.5, 0.6) is 0 Å². The summed E-state index contributed by atoms with van der Waals surface area (Å²) in [6.07, 6.45) is 0. The molecule has 1 aromatic carbocycles. The molecule has 3 aromatic rings. The first-order valence-electron chi connectivity index (χ1n) is 6.24. The number of H-pyrrole nitrogens is 1. The molecule has 0 aliphatic heterocycles. The molecule has 0 saturated carbocycles. The molecule has 0 fully saturated rings. The summed E-state index contributed by atoms with van der Waals surface area (Å²) in [5, 5.41) is 13.9. The van der Waals surface area contributed by atoms with Gasteiger partial charge in [-0.15, -0.1) is 5.10 Å². The van der Waals surface area contributed by atoms with Crippen molar-refractivity contribution >= 4 is 29.5 Å². The zero-order chi connectivity index (χ0) is 15.0. The van der Waals surface area contributed by atoms with Gasteiger partial charge in [0.1, 0.15) is 5.69 Å². The standard InChI is InChI=1S/C13H12N6OS/c1-7-12-15-11(18-19(12)13(21)17-16-7)9-3-5-10(6-4-9)14-8(2)20/h3-6H,1-2H3,(H,14,20)(H,17,21). The molecule has 0 saturated heterocycles. The lowest BCUT2D eigenvalue weighted by Crippen LogP contribution is -2.05. The number of fused-ring (bicyclic) bond motifs is 1. The number of aromatic amines is 1. The van der Waals surface area contributed by atoms with Gasteiger partial charge >= 0.3 is 0 Å². The van der Waals surface area contributed by atoms with Gasteiger partial charge in [-0.05, 0) is 43.4 Å². The molecular weight excluding hydrogens is 288 g/mol. The first-order valence-corrected chi connectivity index (χ1v) is 6.65. The molecule has 8 heteroatoms. The highest BCUT2D eigenvalue weighted by molar-refractivity contribution is 7.71. The van der Waals surface area contributed by atoms with Crippen LogP contribution < -0.4 is 5.32 Å². The zero-order valence-electron chi connectivity index (χ0n) is 11.4. The first kappa shape index (κ1) is 13.4. The van der Waals surface area contributed by atoms with Crippen LogP contribution in [0.4, 0.5) is 5.69 Å². The third-order valence-electron chi connectivity index (χ3n) is 2.91. The average molecular weight is 300 g/mol. The van der Waals surface area contributed by atoms with Gasteiger partial charge in [0.05, 0.1) is 0 Å². The minimum atomic E-state index is -0.110. The van der Waals surface area contributed by atoms with E-state index in [-0.39, 0.29) is 5.91 Å². The molecule has 106 valence electrons. The lowest BCUT2D eigenvalue weighted by atomic mass is 10.2. The Kier molecular flexibility index (Phi) is 3.22. The third kappa shape index (κ3) is 2.52. The molecule has 2 N–H and O–H groups in total. The smallest absolute Gasteiger partial charge is 0.221 e. The predicted octanol–water partition coefficient (Wildman–Crippen LogP) is 2.12. The molecule has 0 aliphatic rings. The molecule has 0 aliphatic carbocycles. The van der Waals surface area contributed by atoms with Crippen molar-refractivity contribution in [2.24, 2.45) is 0 Å². The fourth-order valence-electron chi connectivity index (χ4n) is 1.95. The second-order valence-corrected chi connectivity index (χ2v) is 4.93. The van der Waals surface area contributed by atoms with Gasteiger partial charge in [-0.2, -0.15) is 9.61 Å². The van der Waals surface area contributed by atoms with Crippen molar-refractivity contribution in [3.63, 3.8) is 0 Å². The fourth-order valence-corrected chi connectivity index (χ4v) is 2.12. The molecular formula is C13H12N6OS. The van der Waals surface area contributed by atoms with E-state index in [1.807, 2.05) is 19.1 Å². The molecule has 0 bridgehead atoms. The minimum absolute atomic E-state index is 0.110. The molecule has 0 radical (unpaired) electrons. The Bertz CT molecular complexity index is 880. The van der Waals surface area contributed by atoms with Gasteiger partial charge < -0.3 is 5.32 Å². The summed E-state index contributed by atoms with van der Waals surface area (Å²) >= 11 is 5.14. The lowest BCUT2D eigenvalue weighted by Gasteiger charge is -2.01. The van der Waals surface area contributed by atoms with E-state index in [2.05, 4.69) is 25.6 Å². The number of nitrogens with one attached hydrogen (secondary N) is 2. The summed E-state index contributed by atoms with van der Waals surface area (Å²) < 4.78 is 1.94. The van der Waals surface area contributed by atoms with Crippen LogP contribution in [0.3, 0.4) is 0 Å². The number of amides is 1. The molecule has 2 aromatic heterocycles. The van der Waals surface area contributed by atoms with Crippen molar-refractivity contribution in [2.75, 3.05) is 5.32 Å². The van der Waals surface area contributed by atoms with Crippen LogP contribution in [-0.4, -0.2) is 30.7 Å². The number of carbonyl (C=O) groups excluding carboxylic acids is 1. The van der Waals surface area contributed by atoms with E-state index in [4.69, 9.17) is 12.2 Å². The molecule has 0 atom stereocenters. The highest BCUT2D eigenvalue weighted by Crippen LogP contribution is 2.19. The Morgan fingerprint density at radius 3 is 2.67 bits per heavy atom. The van der Waals surface area contributed by atoms with Gasteiger partial charge in [0.25, 0.3) is 0 Å². The second-order valence-electron chi connectivity index (χ2n) is 4.54. The number of anilines is 1. The van der Waals surface area contributed by atoms with Crippen LogP contribution in [-0.2, 0) is 4.79 Å². The summed E-state index contributed by atoms with van der Waals surface area (Å²) in [5.41, 5.74) is 2.91. The van der Waals surface area contributed by atoms with E-state index >= 15 is 0 Å². The van der Waals surface area contributed by atoms with Crippen molar-refractivity contribution in [1.82, 2.24) is 24.8 Å². The average Bonchev–Trinajstić information content (AvgIpc) is 2.89. The van der Waals surface area contributed by atoms with E-state index in [1.165, 1.54) is 6.92 Å². The Morgan fingerprint density at radius 2 is 2.05 bits per heavy atom. The van der Waals surface area contributed by atoms with Crippen molar-refractivity contribution in [1.29, 1.82) is 0 Å². The molecule has 21 heavy (non-hydrogen) atoms. The number of nitrogens with zero attached hydrogens (tertiary/aromatic N) is 4. The number of rotatable bonds is 2. The van der Waals surface area contributed by atoms with Gasteiger partial charge in [-0.1, -0.05) is 0 Å². The number of aryl methyl sites for hydroxylation is 1. The minimum Gasteiger partial charge on any atom is -0.326 e. The highest BCUT2D eigenvalue weighted by atomic mass is 32.1. The van der Waals surface area contributed by atoms with Crippen molar-refractivity contribution in [3.05, 3.63) is 34.7 Å². The number of carbonyl (C=O) groups is 1. The van der Waals surface area contributed by atoms with E-state index in [1.54, 1.807) is 16.6 Å². The lowest BCUT2D eigenvalue weighted by molar-refractivity contribution is -0.114. The van der Waals surface area contributed by atoms with E-state index in [9.17, 15) is 4.79 Å². The van der Waals surface area contributed by atoms with Crippen LogP contribution in [0.25, 0.3) is 17.0 Å². The number of hydrogen-bond donors (Lipinski definition) is 2. The number of aromatic nitrogens is 5. The highest BCUT2D eigenvalue weighted by Gasteiger charge is 2.10. The van der Waals surface area contributed by atoms with Crippen molar-refractivity contribution in [2.45, 2.75) is 13.8 Å². The Hall–Kier alpha value is -2.61. The SMILES string of the molecule is CC(=O)Nc1ccc(-c2nc3c(C)n[nH]c(=S)n3n2)cc1. The predicted molar refractivity (Wildman–Crippen MR) is 80.4 cm³/mol. The van der Waals surface area contributed by atoms with Crippen molar-refractivity contribution < 1.29 is 4.79 Å². The normalized spacial score (nSPS) is 10.8. The molecule has 3 rings (SSSR count). The summed E-state index contributed by atoms with van der Waals surface area (Å²) in [4.78, 5) is 15.4. The van der Waals surface area contributed by atoms with E-state index in [0.717, 1.165) is 16.9 Å². The van der Waals surface area contributed by atoms with Gasteiger partial charge in [0.2, 0.25) is 10.7 Å². The quantitative estimate of drug-likeness (QED) is 0.708. The summed E-state index contributed by atoms with van der Waals surface area (Å²) in [6, 6.07) is 7.29. The topological polar surface area (TPSA) is 88.0 Å². The Labute approximate surface area is 125 Å². The third-order valence-corrected chi connectivity index (χ3v) is 3.17. The summed E-state index contributed by atoms with van der Waals surface area (Å²) in [7, 11) is 0. The molecule has 7 nitrogen and oxygen atoms in total. The van der Waals surface area contributed by atoms with Crippen LogP contribution in [0.15, 0.2) is 24.3 Å².